The Hall–Kier alpha value is -1.38. The van der Waals surface area contributed by atoms with Gasteiger partial charge in [-0.2, -0.15) is 0 Å². The second kappa shape index (κ2) is 7.67. The zero-order valence-corrected chi connectivity index (χ0v) is 17.0. The first kappa shape index (κ1) is 18.9. The average molecular weight is 341 g/mol. The van der Waals surface area contributed by atoms with Crippen molar-refractivity contribution in [3.63, 3.8) is 0 Å². The second-order valence-corrected chi connectivity index (χ2v) is 13.2. The van der Waals surface area contributed by atoms with Gasteiger partial charge in [-0.3, -0.25) is 0 Å². The lowest BCUT2D eigenvalue weighted by Gasteiger charge is -2.38. The summed E-state index contributed by atoms with van der Waals surface area (Å²) in [6.45, 7) is 14.7. The monoisotopic (exact) mass is 340 g/mol. The van der Waals surface area contributed by atoms with Crippen molar-refractivity contribution in [3.8, 4) is 0 Å². The Kier molecular flexibility index (Phi) is 6.05. The highest BCUT2D eigenvalue weighted by atomic mass is 28.4. The number of hydrogen-bond donors (Lipinski definition) is 0. The van der Waals surface area contributed by atoms with E-state index >= 15 is 0 Å². The molecule has 0 N–H and O–H groups in total. The number of hydrogen-bond acceptors (Lipinski definition) is 1. The number of rotatable bonds is 6. The van der Waals surface area contributed by atoms with Gasteiger partial charge >= 0.3 is 0 Å². The molecule has 0 radical (unpaired) electrons. The highest BCUT2D eigenvalue weighted by Gasteiger charge is 2.38. The van der Waals surface area contributed by atoms with Crippen molar-refractivity contribution in [3.05, 3.63) is 71.8 Å². The van der Waals surface area contributed by atoms with Gasteiger partial charge in [-0.05, 0) is 35.2 Å². The molecule has 0 aliphatic heterocycles. The second-order valence-electron chi connectivity index (χ2n) is 8.35. The summed E-state index contributed by atoms with van der Waals surface area (Å²) < 4.78 is 6.52. The molecule has 1 atom stereocenters. The smallest absolute Gasteiger partial charge is 0.191 e. The highest BCUT2D eigenvalue weighted by Crippen LogP contribution is 2.38. The van der Waals surface area contributed by atoms with Gasteiger partial charge < -0.3 is 4.43 Å². The molecular weight excluding hydrogens is 308 g/mol. The fourth-order valence-corrected chi connectivity index (χ4v) is 3.94. The van der Waals surface area contributed by atoms with Gasteiger partial charge in [0.05, 0.1) is 0 Å². The third-order valence-corrected chi connectivity index (χ3v) is 9.90. The topological polar surface area (TPSA) is 9.23 Å². The van der Waals surface area contributed by atoms with Crippen LogP contribution in [0, 0.1) is 5.92 Å². The summed E-state index contributed by atoms with van der Waals surface area (Å²) >= 11 is 0. The fourth-order valence-electron chi connectivity index (χ4n) is 2.82. The lowest BCUT2D eigenvalue weighted by atomic mass is 9.82. The first-order chi connectivity index (χ1) is 11.2. The van der Waals surface area contributed by atoms with E-state index in [2.05, 4.69) is 101 Å². The molecule has 130 valence electrons. The predicted molar refractivity (Wildman–Crippen MR) is 107 cm³/mol. The molecule has 0 spiro atoms. The third-order valence-electron chi connectivity index (χ3n) is 5.40. The van der Waals surface area contributed by atoms with Crippen LogP contribution in [0.5, 0.6) is 0 Å². The van der Waals surface area contributed by atoms with Crippen molar-refractivity contribution in [1.82, 2.24) is 0 Å². The lowest BCUT2D eigenvalue weighted by Crippen LogP contribution is -2.42. The molecule has 0 heterocycles. The van der Waals surface area contributed by atoms with Crippen LogP contribution < -0.4 is 0 Å². The largest absolute Gasteiger partial charge is 0.417 e. The van der Waals surface area contributed by atoms with Crippen molar-refractivity contribution in [2.24, 2.45) is 5.92 Å². The van der Waals surface area contributed by atoms with Crippen molar-refractivity contribution >= 4 is 8.32 Å². The van der Waals surface area contributed by atoms with Crippen LogP contribution in [0.3, 0.4) is 0 Å². The van der Waals surface area contributed by atoms with Gasteiger partial charge in [0.25, 0.3) is 0 Å². The van der Waals surface area contributed by atoms with E-state index in [1.165, 1.54) is 11.1 Å². The molecular formula is C22H32OSi. The molecule has 0 aromatic heterocycles. The maximum Gasteiger partial charge on any atom is 0.191 e. The Morgan fingerprint density at radius 1 is 0.833 bits per heavy atom. The summed E-state index contributed by atoms with van der Waals surface area (Å²) in [4.78, 5) is 0. The lowest BCUT2D eigenvalue weighted by molar-refractivity contribution is 0.226. The Labute approximate surface area is 149 Å². The van der Waals surface area contributed by atoms with E-state index in [0.29, 0.717) is 11.8 Å². The van der Waals surface area contributed by atoms with E-state index in [-0.39, 0.29) is 5.04 Å². The van der Waals surface area contributed by atoms with Crippen LogP contribution >= 0.6 is 0 Å². The van der Waals surface area contributed by atoms with Gasteiger partial charge in [-0.1, -0.05) is 88.4 Å². The van der Waals surface area contributed by atoms with Crippen molar-refractivity contribution in [2.75, 3.05) is 6.61 Å². The van der Waals surface area contributed by atoms with E-state index in [9.17, 15) is 0 Å². The van der Waals surface area contributed by atoms with Crippen LogP contribution in [0.4, 0.5) is 0 Å². The van der Waals surface area contributed by atoms with Gasteiger partial charge in [0.15, 0.2) is 8.32 Å². The Morgan fingerprint density at radius 2 is 1.25 bits per heavy atom. The normalized spacial score (nSPS) is 14.0. The predicted octanol–water partition coefficient (Wildman–Crippen LogP) is 6.48. The Bertz CT molecular complexity index is 574. The summed E-state index contributed by atoms with van der Waals surface area (Å²) in [5, 5.41) is 0.252. The SMILES string of the molecule is CC(CO[Si](C)(C)C(C)(C)C)C(c1ccccc1)c1ccccc1. The van der Waals surface area contributed by atoms with Gasteiger partial charge in [-0.25, -0.2) is 0 Å². The van der Waals surface area contributed by atoms with E-state index in [1.807, 2.05) is 0 Å². The summed E-state index contributed by atoms with van der Waals surface area (Å²) in [5.41, 5.74) is 2.74. The summed E-state index contributed by atoms with van der Waals surface area (Å²) in [7, 11) is -1.72. The summed E-state index contributed by atoms with van der Waals surface area (Å²) in [6, 6.07) is 21.6. The molecule has 2 aromatic rings. The maximum absolute atomic E-state index is 6.52. The molecule has 2 aromatic carbocycles. The van der Waals surface area contributed by atoms with Crippen molar-refractivity contribution in [2.45, 2.75) is 51.7 Å². The summed E-state index contributed by atoms with van der Waals surface area (Å²) in [5.74, 6) is 0.807. The molecule has 0 saturated carbocycles. The van der Waals surface area contributed by atoms with Crippen LogP contribution in [0.1, 0.15) is 44.7 Å². The molecule has 0 saturated heterocycles. The van der Waals surface area contributed by atoms with Gasteiger partial charge in [0.1, 0.15) is 0 Å². The first-order valence-corrected chi connectivity index (χ1v) is 11.9. The molecule has 0 amide bonds. The third kappa shape index (κ3) is 4.58. The molecule has 0 fully saturated rings. The molecule has 0 aliphatic rings. The molecule has 2 rings (SSSR count). The molecule has 1 nitrogen and oxygen atoms in total. The van der Waals surface area contributed by atoms with E-state index < -0.39 is 8.32 Å². The first-order valence-electron chi connectivity index (χ1n) is 8.96. The maximum atomic E-state index is 6.52. The molecule has 2 heteroatoms. The Balaban J connectivity index is 2.22. The number of benzene rings is 2. The van der Waals surface area contributed by atoms with Crippen molar-refractivity contribution < 1.29 is 4.43 Å². The van der Waals surface area contributed by atoms with Crippen LogP contribution in [-0.4, -0.2) is 14.9 Å². The molecule has 24 heavy (non-hydrogen) atoms. The minimum absolute atomic E-state index is 0.252. The molecule has 0 aliphatic carbocycles. The minimum Gasteiger partial charge on any atom is -0.417 e. The van der Waals surface area contributed by atoms with E-state index in [4.69, 9.17) is 4.43 Å². The average Bonchev–Trinajstić information content (AvgIpc) is 2.54. The van der Waals surface area contributed by atoms with Crippen LogP contribution in [0.2, 0.25) is 18.1 Å². The highest BCUT2D eigenvalue weighted by molar-refractivity contribution is 6.74. The van der Waals surface area contributed by atoms with Gasteiger partial charge in [-0.15, -0.1) is 0 Å². The van der Waals surface area contributed by atoms with E-state index in [0.717, 1.165) is 6.61 Å². The van der Waals surface area contributed by atoms with Crippen LogP contribution in [0.25, 0.3) is 0 Å². The summed E-state index contributed by atoms with van der Waals surface area (Å²) in [6.07, 6.45) is 0. The van der Waals surface area contributed by atoms with Gasteiger partial charge in [0, 0.05) is 12.5 Å². The Morgan fingerprint density at radius 3 is 1.62 bits per heavy atom. The van der Waals surface area contributed by atoms with Crippen LogP contribution in [-0.2, 0) is 4.43 Å². The minimum atomic E-state index is -1.72. The molecule has 0 bridgehead atoms. The zero-order valence-electron chi connectivity index (χ0n) is 16.0. The van der Waals surface area contributed by atoms with Crippen molar-refractivity contribution in [1.29, 1.82) is 0 Å². The quantitative estimate of drug-likeness (QED) is 0.547. The zero-order chi connectivity index (χ0) is 17.8. The standard InChI is InChI=1S/C22H32OSi/c1-18(17-23-24(5,6)22(2,3)4)21(19-13-9-7-10-14-19)20-15-11-8-12-16-20/h7-16,18,21H,17H2,1-6H3. The van der Waals surface area contributed by atoms with E-state index in [1.54, 1.807) is 0 Å². The van der Waals surface area contributed by atoms with Crippen LogP contribution in [0.15, 0.2) is 60.7 Å². The fraction of sp³-hybridized carbons (Fsp3) is 0.455. The molecule has 1 unspecified atom stereocenters. The van der Waals surface area contributed by atoms with Gasteiger partial charge in [0.2, 0.25) is 0 Å².